The van der Waals surface area contributed by atoms with Crippen molar-refractivity contribution in [3.05, 3.63) is 35.4 Å². The van der Waals surface area contributed by atoms with Crippen LogP contribution in [-0.4, -0.2) is 18.0 Å². The maximum Gasteiger partial charge on any atom is 0.0712 e. The molecule has 0 aliphatic carbocycles. The normalized spacial score (nSPS) is 14.9. The van der Waals surface area contributed by atoms with Gasteiger partial charge in [0.25, 0.3) is 0 Å². The average molecular weight is 173 g/mol. The van der Waals surface area contributed by atoms with Crippen molar-refractivity contribution in [2.24, 2.45) is 5.16 Å². The van der Waals surface area contributed by atoms with E-state index in [0.29, 0.717) is 6.54 Å². The summed E-state index contributed by atoms with van der Waals surface area (Å²) in [6.45, 7) is 0.584. The predicted octanol–water partition coefficient (Wildman–Crippen LogP) is 1.78. The number of rotatable bonds is 1. The third kappa shape index (κ3) is 1.54. The Balaban J connectivity index is 2.38. The second-order valence-corrected chi connectivity index (χ2v) is 2.84. The van der Waals surface area contributed by atoms with Crippen LogP contribution in [0.15, 0.2) is 35.0 Å². The molecule has 13 heavy (non-hydrogen) atoms. The van der Waals surface area contributed by atoms with Crippen LogP contribution in [0.4, 0.5) is 5.69 Å². The van der Waals surface area contributed by atoms with Gasteiger partial charge in [-0.3, -0.25) is 5.32 Å². The maximum atomic E-state index is 8.35. The Labute approximate surface area is 76.4 Å². The lowest BCUT2D eigenvalue weighted by Crippen LogP contribution is -2.09. The van der Waals surface area contributed by atoms with Gasteiger partial charge in [0.1, 0.15) is 0 Å². The van der Waals surface area contributed by atoms with Crippen LogP contribution in [-0.2, 0) is 0 Å². The van der Waals surface area contributed by atoms with Crippen LogP contribution in [0.5, 0.6) is 0 Å². The van der Waals surface area contributed by atoms with Gasteiger partial charge in [0.05, 0.1) is 18.4 Å². The summed E-state index contributed by atoms with van der Waals surface area (Å²) in [5.74, 6) is 0. The summed E-state index contributed by atoms with van der Waals surface area (Å²) in [4.78, 5) is 0. The molecule has 1 aromatic carbocycles. The molecule has 2 rings (SSSR count). The number of para-hydroxylation sites is 1. The summed E-state index contributed by atoms with van der Waals surface area (Å²) in [5, 5.41) is 15.7. The number of nitrogens with zero attached hydrogens (tertiary/aromatic N) is 2. The highest BCUT2D eigenvalue weighted by atomic mass is 16.4. The van der Waals surface area contributed by atoms with Crippen LogP contribution in [0.3, 0.4) is 0 Å². The van der Waals surface area contributed by atoms with Crippen molar-refractivity contribution in [1.82, 2.24) is 5.32 Å². The SMILES string of the molecule is O/N=C\C1=Cc2ccccc2[N]C1. The molecule has 3 nitrogen and oxygen atoms in total. The minimum atomic E-state index is 0.584. The van der Waals surface area contributed by atoms with Crippen LogP contribution >= 0.6 is 0 Å². The highest BCUT2D eigenvalue weighted by molar-refractivity contribution is 5.88. The first-order valence-corrected chi connectivity index (χ1v) is 4.04. The molecule has 1 heterocycles. The van der Waals surface area contributed by atoms with Gasteiger partial charge in [-0.15, -0.1) is 0 Å². The Bertz CT molecular complexity index is 369. The van der Waals surface area contributed by atoms with E-state index in [1.807, 2.05) is 30.3 Å². The van der Waals surface area contributed by atoms with Gasteiger partial charge in [-0.05, 0) is 17.7 Å². The van der Waals surface area contributed by atoms with Gasteiger partial charge in [0.2, 0.25) is 0 Å². The third-order valence-corrected chi connectivity index (χ3v) is 1.93. The zero-order chi connectivity index (χ0) is 9.10. The van der Waals surface area contributed by atoms with Crippen molar-refractivity contribution >= 4 is 18.0 Å². The lowest BCUT2D eigenvalue weighted by atomic mass is 10.1. The fourth-order valence-electron chi connectivity index (χ4n) is 1.33. The van der Waals surface area contributed by atoms with Gasteiger partial charge >= 0.3 is 0 Å². The Morgan fingerprint density at radius 1 is 1.38 bits per heavy atom. The van der Waals surface area contributed by atoms with E-state index < -0.39 is 0 Å². The Hall–Kier alpha value is -1.77. The van der Waals surface area contributed by atoms with E-state index in [4.69, 9.17) is 5.21 Å². The number of hydrogen-bond acceptors (Lipinski definition) is 2. The van der Waals surface area contributed by atoms with Gasteiger partial charge in [0.15, 0.2) is 0 Å². The molecule has 1 aromatic rings. The molecule has 0 amide bonds. The van der Waals surface area contributed by atoms with Gasteiger partial charge in [0, 0.05) is 5.56 Å². The zero-order valence-corrected chi connectivity index (χ0v) is 7.01. The molecule has 3 heteroatoms. The first-order chi connectivity index (χ1) is 6.40. The van der Waals surface area contributed by atoms with Crippen molar-refractivity contribution in [2.75, 3.05) is 6.54 Å². The first kappa shape index (κ1) is 7.86. The second-order valence-electron chi connectivity index (χ2n) is 2.84. The van der Waals surface area contributed by atoms with E-state index >= 15 is 0 Å². The van der Waals surface area contributed by atoms with Gasteiger partial charge in [-0.25, -0.2) is 0 Å². The van der Waals surface area contributed by atoms with Crippen LogP contribution in [0.1, 0.15) is 5.56 Å². The van der Waals surface area contributed by atoms with Crippen molar-refractivity contribution in [3.8, 4) is 0 Å². The molecule has 0 saturated heterocycles. The summed E-state index contributed by atoms with van der Waals surface area (Å²) in [7, 11) is 0. The minimum Gasteiger partial charge on any atom is -0.411 e. The standard InChI is InChI=1S/C10H9N2O/c13-12-7-8-5-9-3-1-2-4-10(9)11-6-8/h1-5,7,13H,6H2/b12-7-. The highest BCUT2D eigenvalue weighted by Gasteiger charge is 2.08. The monoisotopic (exact) mass is 173 g/mol. The number of fused-ring (bicyclic) bond motifs is 1. The fraction of sp³-hybridized carbons (Fsp3) is 0.100. The molecule has 0 unspecified atom stereocenters. The smallest absolute Gasteiger partial charge is 0.0712 e. The minimum absolute atomic E-state index is 0.584. The summed E-state index contributed by atoms with van der Waals surface area (Å²) in [5.41, 5.74) is 2.99. The van der Waals surface area contributed by atoms with E-state index in [9.17, 15) is 0 Å². The van der Waals surface area contributed by atoms with E-state index in [0.717, 1.165) is 16.8 Å². The summed E-state index contributed by atoms with van der Waals surface area (Å²) >= 11 is 0. The molecule has 0 fully saturated rings. The average Bonchev–Trinajstić information content (AvgIpc) is 2.18. The van der Waals surface area contributed by atoms with Crippen LogP contribution < -0.4 is 5.32 Å². The van der Waals surface area contributed by atoms with Crippen LogP contribution in [0, 0.1) is 0 Å². The zero-order valence-electron chi connectivity index (χ0n) is 7.01. The number of hydrogen-bond donors (Lipinski definition) is 1. The third-order valence-electron chi connectivity index (χ3n) is 1.93. The van der Waals surface area contributed by atoms with E-state index in [1.54, 1.807) is 0 Å². The van der Waals surface area contributed by atoms with Gasteiger partial charge < -0.3 is 5.21 Å². The molecule has 0 saturated carbocycles. The molecule has 65 valence electrons. The van der Waals surface area contributed by atoms with Crippen molar-refractivity contribution in [3.63, 3.8) is 0 Å². The second kappa shape index (κ2) is 3.31. The van der Waals surface area contributed by atoms with Gasteiger partial charge in [-0.2, -0.15) is 0 Å². The Morgan fingerprint density at radius 2 is 2.23 bits per heavy atom. The number of oxime groups is 1. The van der Waals surface area contributed by atoms with Crippen LogP contribution in [0.25, 0.3) is 6.08 Å². The predicted molar refractivity (Wildman–Crippen MR) is 51.4 cm³/mol. The molecule has 1 N–H and O–H groups in total. The summed E-state index contributed by atoms with van der Waals surface area (Å²) in [6, 6.07) is 7.88. The Kier molecular flexibility index (Phi) is 2.00. The molecule has 1 aliphatic heterocycles. The van der Waals surface area contributed by atoms with Crippen LogP contribution in [0.2, 0.25) is 0 Å². The van der Waals surface area contributed by atoms with Crippen molar-refractivity contribution in [1.29, 1.82) is 0 Å². The quantitative estimate of drug-likeness (QED) is 0.392. The molecular formula is C10H9N2O. The molecule has 0 bridgehead atoms. The van der Waals surface area contributed by atoms with Crippen molar-refractivity contribution < 1.29 is 5.21 Å². The number of benzene rings is 1. The molecule has 0 spiro atoms. The van der Waals surface area contributed by atoms with Crippen molar-refractivity contribution in [2.45, 2.75) is 0 Å². The van der Waals surface area contributed by atoms with E-state index in [-0.39, 0.29) is 0 Å². The lowest BCUT2D eigenvalue weighted by Gasteiger charge is -2.12. The molecule has 0 atom stereocenters. The van der Waals surface area contributed by atoms with Gasteiger partial charge in [-0.1, -0.05) is 23.4 Å². The highest BCUT2D eigenvalue weighted by Crippen LogP contribution is 2.22. The first-order valence-electron chi connectivity index (χ1n) is 4.04. The molecular weight excluding hydrogens is 164 g/mol. The van der Waals surface area contributed by atoms with E-state index in [2.05, 4.69) is 10.5 Å². The fourth-order valence-corrected chi connectivity index (χ4v) is 1.33. The summed E-state index contributed by atoms with van der Waals surface area (Å²) in [6.07, 6.45) is 3.39. The molecule has 1 aliphatic rings. The Morgan fingerprint density at radius 3 is 3.08 bits per heavy atom. The van der Waals surface area contributed by atoms with E-state index in [1.165, 1.54) is 6.21 Å². The molecule has 1 radical (unpaired) electrons. The topological polar surface area (TPSA) is 46.7 Å². The maximum absolute atomic E-state index is 8.35. The lowest BCUT2D eigenvalue weighted by molar-refractivity contribution is 0.321. The summed E-state index contributed by atoms with van der Waals surface area (Å²) < 4.78 is 0. The largest absolute Gasteiger partial charge is 0.411 e. The molecule has 0 aromatic heterocycles.